The van der Waals surface area contributed by atoms with E-state index in [0.29, 0.717) is 0 Å². The third-order valence-corrected chi connectivity index (χ3v) is 5.63. The third kappa shape index (κ3) is 5.47. The number of rotatable bonds is 6. The standard InChI is InChI=1S/C17H20F2N2O6S/c1-10(14(22)21-17(24)20-12-4-2-3-5-12)27-15(23)11-6-8-13(9-7-11)28(25,26)16(18)19/h6-10,12,16H,2-5H2,1H3,(H2,20,21,22,24). The molecule has 154 valence electrons. The number of alkyl halides is 2. The van der Waals surface area contributed by atoms with Crippen molar-refractivity contribution in [2.24, 2.45) is 0 Å². The van der Waals surface area contributed by atoms with Crippen LogP contribution in [0.2, 0.25) is 0 Å². The molecule has 11 heteroatoms. The molecule has 0 aromatic heterocycles. The van der Waals surface area contributed by atoms with E-state index < -0.39 is 44.5 Å². The van der Waals surface area contributed by atoms with Crippen molar-refractivity contribution in [1.29, 1.82) is 0 Å². The van der Waals surface area contributed by atoms with Gasteiger partial charge < -0.3 is 10.1 Å². The summed E-state index contributed by atoms with van der Waals surface area (Å²) in [5, 5.41) is 4.73. The molecule has 1 atom stereocenters. The van der Waals surface area contributed by atoms with Crippen molar-refractivity contribution in [3.63, 3.8) is 0 Å². The Morgan fingerprint density at radius 3 is 2.21 bits per heavy atom. The minimum Gasteiger partial charge on any atom is -0.449 e. The van der Waals surface area contributed by atoms with Crippen molar-refractivity contribution in [3.05, 3.63) is 29.8 Å². The van der Waals surface area contributed by atoms with Gasteiger partial charge in [-0.2, -0.15) is 8.78 Å². The van der Waals surface area contributed by atoms with Gasteiger partial charge in [-0.25, -0.2) is 18.0 Å². The Balaban J connectivity index is 1.90. The van der Waals surface area contributed by atoms with E-state index in [9.17, 15) is 31.6 Å². The quantitative estimate of drug-likeness (QED) is 0.682. The Kier molecular flexibility index (Phi) is 7.05. The molecule has 0 saturated heterocycles. The van der Waals surface area contributed by atoms with Gasteiger partial charge in [0, 0.05) is 6.04 Å². The molecule has 1 aromatic rings. The third-order valence-electron chi connectivity index (χ3n) is 4.23. The summed E-state index contributed by atoms with van der Waals surface area (Å²) in [7, 11) is -4.77. The van der Waals surface area contributed by atoms with Crippen molar-refractivity contribution < 1.29 is 36.3 Å². The maximum absolute atomic E-state index is 12.5. The van der Waals surface area contributed by atoms with E-state index in [1.807, 2.05) is 0 Å². The number of ether oxygens (including phenoxy) is 1. The summed E-state index contributed by atoms with van der Waals surface area (Å²) < 4.78 is 52.6. The Morgan fingerprint density at radius 1 is 1.11 bits per heavy atom. The van der Waals surface area contributed by atoms with Crippen molar-refractivity contribution in [3.8, 4) is 0 Å². The van der Waals surface area contributed by atoms with Crippen molar-refractivity contribution in [1.82, 2.24) is 10.6 Å². The largest absolute Gasteiger partial charge is 0.449 e. The molecular weight excluding hydrogens is 398 g/mol. The van der Waals surface area contributed by atoms with Crippen LogP contribution >= 0.6 is 0 Å². The number of carbonyl (C=O) groups is 3. The zero-order valence-electron chi connectivity index (χ0n) is 15.0. The first kappa shape index (κ1) is 21.7. The second-order valence-electron chi connectivity index (χ2n) is 6.32. The lowest BCUT2D eigenvalue weighted by Gasteiger charge is -2.15. The first-order chi connectivity index (χ1) is 13.1. The maximum Gasteiger partial charge on any atom is 0.341 e. The Hall–Kier alpha value is -2.56. The number of imide groups is 1. The molecule has 0 radical (unpaired) electrons. The monoisotopic (exact) mass is 418 g/mol. The normalized spacial score (nSPS) is 15.9. The second-order valence-corrected chi connectivity index (χ2v) is 8.24. The summed E-state index contributed by atoms with van der Waals surface area (Å²) in [5.74, 6) is -5.38. The Bertz CT molecular complexity index is 836. The zero-order chi connectivity index (χ0) is 20.9. The lowest BCUT2D eigenvalue weighted by Crippen LogP contribution is -2.47. The summed E-state index contributed by atoms with van der Waals surface area (Å²) in [5.41, 5.74) is -0.136. The van der Waals surface area contributed by atoms with Gasteiger partial charge in [-0.3, -0.25) is 10.1 Å². The van der Waals surface area contributed by atoms with Crippen LogP contribution in [-0.2, 0) is 19.4 Å². The average Bonchev–Trinajstić information content (AvgIpc) is 3.14. The summed E-state index contributed by atoms with van der Waals surface area (Å²) in [6.45, 7) is 1.26. The molecule has 1 saturated carbocycles. The van der Waals surface area contributed by atoms with Gasteiger partial charge in [0.1, 0.15) is 0 Å². The maximum atomic E-state index is 12.5. The molecule has 1 aromatic carbocycles. The smallest absolute Gasteiger partial charge is 0.341 e. The summed E-state index contributed by atoms with van der Waals surface area (Å²) >= 11 is 0. The molecular formula is C17H20F2N2O6S. The minimum absolute atomic E-state index is 0.00805. The molecule has 1 fully saturated rings. The number of hydrogen-bond donors (Lipinski definition) is 2. The van der Waals surface area contributed by atoms with Gasteiger partial charge in [0.25, 0.3) is 5.91 Å². The molecule has 0 bridgehead atoms. The highest BCUT2D eigenvalue weighted by atomic mass is 32.2. The molecule has 0 spiro atoms. The van der Waals surface area contributed by atoms with E-state index in [0.717, 1.165) is 49.9 Å². The number of hydrogen-bond acceptors (Lipinski definition) is 6. The van der Waals surface area contributed by atoms with Crippen LogP contribution in [-0.4, -0.2) is 44.2 Å². The molecule has 1 unspecified atom stereocenters. The molecule has 1 aliphatic rings. The zero-order valence-corrected chi connectivity index (χ0v) is 15.8. The lowest BCUT2D eigenvalue weighted by molar-refractivity contribution is -0.127. The molecule has 1 aliphatic carbocycles. The van der Waals surface area contributed by atoms with Gasteiger partial charge in [-0.05, 0) is 44.0 Å². The van der Waals surface area contributed by atoms with E-state index in [4.69, 9.17) is 4.74 Å². The molecule has 2 N–H and O–H groups in total. The SMILES string of the molecule is CC(OC(=O)c1ccc(S(=O)(=O)C(F)F)cc1)C(=O)NC(=O)NC1CCCC1. The molecule has 0 heterocycles. The highest BCUT2D eigenvalue weighted by molar-refractivity contribution is 7.91. The van der Waals surface area contributed by atoms with Gasteiger partial charge in [-0.1, -0.05) is 12.8 Å². The first-order valence-corrected chi connectivity index (χ1v) is 10.1. The fourth-order valence-corrected chi connectivity index (χ4v) is 3.39. The highest BCUT2D eigenvalue weighted by Gasteiger charge is 2.27. The molecule has 8 nitrogen and oxygen atoms in total. The van der Waals surface area contributed by atoms with Crippen LogP contribution in [0.25, 0.3) is 0 Å². The molecule has 0 aliphatic heterocycles. The van der Waals surface area contributed by atoms with Gasteiger partial charge in [0.15, 0.2) is 6.10 Å². The fourth-order valence-electron chi connectivity index (χ4n) is 2.67. The van der Waals surface area contributed by atoms with Gasteiger partial charge >= 0.3 is 17.8 Å². The van der Waals surface area contributed by atoms with E-state index in [-0.39, 0.29) is 11.6 Å². The second kappa shape index (κ2) is 9.09. The number of esters is 1. The minimum atomic E-state index is -4.77. The lowest BCUT2D eigenvalue weighted by atomic mass is 10.2. The van der Waals surface area contributed by atoms with Crippen molar-refractivity contribution >= 4 is 27.7 Å². The van der Waals surface area contributed by atoms with Crippen LogP contribution in [0.15, 0.2) is 29.2 Å². The molecule has 28 heavy (non-hydrogen) atoms. The van der Waals surface area contributed by atoms with Crippen LogP contribution in [0, 0.1) is 0 Å². The van der Waals surface area contributed by atoms with Gasteiger partial charge in [0.05, 0.1) is 10.5 Å². The fraction of sp³-hybridized carbons (Fsp3) is 0.471. The number of benzene rings is 1. The van der Waals surface area contributed by atoms with Crippen LogP contribution < -0.4 is 10.6 Å². The number of sulfone groups is 1. The van der Waals surface area contributed by atoms with Crippen molar-refractivity contribution in [2.75, 3.05) is 0 Å². The van der Waals surface area contributed by atoms with Crippen LogP contribution in [0.1, 0.15) is 43.0 Å². The van der Waals surface area contributed by atoms with Crippen LogP contribution in [0.4, 0.5) is 13.6 Å². The van der Waals surface area contributed by atoms with E-state index in [1.165, 1.54) is 6.92 Å². The number of amides is 3. The predicted octanol–water partition coefficient (Wildman–Crippen LogP) is 2.00. The van der Waals surface area contributed by atoms with Crippen LogP contribution in [0.3, 0.4) is 0 Å². The van der Waals surface area contributed by atoms with Gasteiger partial charge in [-0.15, -0.1) is 0 Å². The summed E-state index contributed by atoms with van der Waals surface area (Å²) in [6, 6.07) is 3.01. The molecule has 3 amide bonds. The number of nitrogens with one attached hydrogen (secondary N) is 2. The summed E-state index contributed by atoms with van der Waals surface area (Å²) in [4.78, 5) is 35.1. The molecule has 2 rings (SSSR count). The number of urea groups is 1. The number of carbonyl (C=O) groups excluding carboxylic acids is 3. The summed E-state index contributed by atoms with van der Waals surface area (Å²) in [6.07, 6.45) is 2.38. The predicted molar refractivity (Wildman–Crippen MR) is 93.4 cm³/mol. The highest BCUT2D eigenvalue weighted by Crippen LogP contribution is 2.19. The van der Waals surface area contributed by atoms with Gasteiger partial charge in [0.2, 0.25) is 9.84 Å². The van der Waals surface area contributed by atoms with Crippen molar-refractivity contribution in [2.45, 2.75) is 55.4 Å². The number of halogens is 2. The average molecular weight is 418 g/mol. The topological polar surface area (TPSA) is 119 Å². The van der Waals surface area contributed by atoms with E-state index >= 15 is 0 Å². The Morgan fingerprint density at radius 2 is 1.68 bits per heavy atom. The Labute approximate surface area is 160 Å². The van der Waals surface area contributed by atoms with E-state index in [2.05, 4.69) is 10.6 Å². The van der Waals surface area contributed by atoms with Crippen LogP contribution in [0.5, 0.6) is 0 Å². The first-order valence-electron chi connectivity index (χ1n) is 8.55. The van der Waals surface area contributed by atoms with E-state index in [1.54, 1.807) is 0 Å².